The zero-order valence-corrected chi connectivity index (χ0v) is 11.8. The van der Waals surface area contributed by atoms with Crippen LogP contribution in [0.3, 0.4) is 0 Å². The first-order chi connectivity index (χ1) is 9.97. The smallest absolute Gasteiger partial charge is 0.326 e. The number of hydrogen-bond donors (Lipinski definition) is 2. The molecule has 0 aliphatic carbocycles. The molecule has 0 aliphatic rings. The lowest BCUT2D eigenvalue weighted by Gasteiger charge is -2.14. The summed E-state index contributed by atoms with van der Waals surface area (Å²) in [7, 11) is 0. The van der Waals surface area contributed by atoms with Crippen LogP contribution in [0.15, 0.2) is 54.6 Å². The van der Waals surface area contributed by atoms with Gasteiger partial charge in [0.1, 0.15) is 6.04 Å². The second-order valence-corrected chi connectivity index (χ2v) is 5.09. The summed E-state index contributed by atoms with van der Waals surface area (Å²) < 4.78 is 0. The number of amides is 1. The molecule has 0 saturated carbocycles. The first kappa shape index (κ1) is 14.8. The molecule has 0 aliphatic heterocycles. The minimum atomic E-state index is -1.06. The Morgan fingerprint density at radius 3 is 2.48 bits per heavy atom. The lowest BCUT2D eigenvalue weighted by atomic mass is 10.1. The quantitative estimate of drug-likeness (QED) is 0.829. The summed E-state index contributed by atoms with van der Waals surface area (Å²) in [5.41, 5.74) is 1.16. The molecule has 0 aromatic heterocycles. The number of carboxylic acid groups (broad SMARTS) is 1. The van der Waals surface area contributed by atoms with Crippen LogP contribution in [0.1, 0.15) is 23.7 Å². The third-order valence-corrected chi connectivity index (χ3v) is 3.17. The van der Waals surface area contributed by atoms with Gasteiger partial charge in [0.05, 0.1) is 0 Å². The fourth-order valence-electron chi connectivity index (χ4n) is 2.12. The number of rotatable bonds is 5. The normalized spacial score (nSPS) is 11.9. The van der Waals surface area contributed by atoms with Gasteiger partial charge in [0.25, 0.3) is 5.91 Å². The van der Waals surface area contributed by atoms with Crippen molar-refractivity contribution in [3.63, 3.8) is 0 Å². The summed E-state index contributed by atoms with van der Waals surface area (Å²) in [6, 6.07) is 12.0. The number of aliphatic carboxylic acids is 1. The Morgan fingerprint density at radius 2 is 1.86 bits per heavy atom. The molecule has 0 saturated heterocycles. The van der Waals surface area contributed by atoms with E-state index in [-0.39, 0.29) is 6.42 Å². The summed E-state index contributed by atoms with van der Waals surface area (Å²) >= 11 is 0. The predicted octanol–water partition coefficient (Wildman–Crippen LogP) is 2.99. The fourth-order valence-corrected chi connectivity index (χ4v) is 2.12. The molecule has 0 spiro atoms. The van der Waals surface area contributed by atoms with Gasteiger partial charge in [-0.25, -0.2) is 4.79 Å². The molecule has 0 fully saturated rings. The molecule has 108 valence electrons. The van der Waals surface area contributed by atoms with Crippen LogP contribution in [0, 0.1) is 0 Å². The number of carboxylic acids is 1. The average Bonchev–Trinajstić information content (AvgIpc) is 2.45. The van der Waals surface area contributed by atoms with Gasteiger partial charge >= 0.3 is 5.97 Å². The van der Waals surface area contributed by atoms with Crippen molar-refractivity contribution in [3.05, 3.63) is 60.2 Å². The van der Waals surface area contributed by atoms with Gasteiger partial charge in [0.2, 0.25) is 0 Å². The van der Waals surface area contributed by atoms with Crippen molar-refractivity contribution in [2.75, 3.05) is 0 Å². The molecule has 2 aromatic rings. The highest BCUT2D eigenvalue weighted by Crippen LogP contribution is 2.16. The largest absolute Gasteiger partial charge is 0.480 e. The van der Waals surface area contributed by atoms with Crippen LogP contribution >= 0.6 is 0 Å². The number of carbonyl (C=O) groups excluding carboxylic acids is 1. The number of carbonyl (C=O) groups is 2. The maximum atomic E-state index is 12.2. The molecule has 0 bridgehead atoms. The molecule has 21 heavy (non-hydrogen) atoms. The molecule has 2 aromatic carbocycles. The number of benzene rings is 2. The van der Waals surface area contributed by atoms with Crippen molar-refractivity contribution in [1.29, 1.82) is 0 Å². The second kappa shape index (κ2) is 6.22. The summed E-state index contributed by atoms with van der Waals surface area (Å²) in [6.07, 6.45) is 0.217. The molecular formula is C17H17NO3. The first-order valence-electron chi connectivity index (χ1n) is 6.64. The van der Waals surface area contributed by atoms with Crippen LogP contribution in [0.4, 0.5) is 0 Å². The summed E-state index contributed by atoms with van der Waals surface area (Å²) in [6.45, 7) is 5.42. The Balaban J connectivity index is 2.20. The topological polar surface area (TPSA) is 66.4 Å². The molecule has 0 heterocycles. The van der Waals surface area contributed by atoms with Gasteiger partial charge in [0.15, 0.2) is 0 Å². The molecule has 4 heteroatoms. The Morgan fingerprint density at radius 1 is 1.19 bits per heavy atom. The minimum Gasteiger partial charge on any atom is -0.480 e. The SMILES string of the molecule is C=C(C)C[C@H](NC(=O)c1ccc2ccccc2c1)C(=O)O. The van der Waals surface area contributed by atoms with Gasteiger partial charge in [0, 0.05) is 5.56 Å². The van der Waals surface area contributed by atoms with Gasteiger partial charge in [-0.15, -0.1) is 6.58 Å². The van der Waals surface area contributed by atoms with E-state index in [0.717, 1.165) is 10.8 Å². The van der Waals surface area contributed by atoms with Gasteiger partial charge < -0.3 is 10.4 Å². The summed E-state index contributed by atoms with van der Waals surface area (Å²) in [5.74, 6) is -1.46. The van der Waals surface area contributed by atoms with E-state index in [1.807, 2.05) is 30.3 Å². The van der Waals surface area contributed by atoms with Crippen LogP contribution in [-0.2, 0) is 4.79 Å². The van der Waals surface area contributed by atoms with E-state index in [1.165, 1.54) is 0 Å². The average molecular weight is 283 g/mol. The molecular weight excluding hydrogens is 266 g/mol. The van der Waals surface area contributed by atoms with E-state index in [0.29, 0.717) is 11.1 Å². The molecule has 2 rings (SSSR count). The van der Waals surface area contributed by atoms with Crippen molar-refractivity contribution < 1.29 is 14.7 Å². The minimum absolute atomic E-state index is 0.217. The maximum absolute atomic E-state index is 12.2. The number of hydrogen-bond acceptors (Lipinski definition) is 2. The first-order valence-corrected chi connectivity index (χ1v) is 6.64. The lowest BCUT2D eigenvalue weighted by Crippen LogP contribution is -2.40. The zero-order valence-electron chi connectivity index (χ0n) is 11.8. The zero-order chi connectivity index (χ0) is 15.4. The van der Waals surface area contributed by atoms with Gasteiger partial charge in [-0.1, -0.05) is 35.9 Å². The Bertz CT molecular complexity index is 706. The highest BCUT2D eigenvalue weighted by Gasteiger charge is 2.20. The van der Waals surface area contributed by atoms with E-state index >= 15 is 0 Å². The molecule has 1 amide bonds. The van der Waals surface area contributed by atoms with Gasteiger partial charge in [-0.2, -0.15) is 0 Å². The Hall–Kier alpha value is -2.62. The van der Waals surface area contributed by atoms with Crippen LogP contribution < -0.4 is 5.32 Å². The van der Waals surface area contributed by atoms with Crippen LogP contribution in [0.25, 0.3) is 10.8 Å². The Kier molecular flexibility index (Phi) is 4.38. The van der Waals surface area contributed by atoms with Gasteiger partial charge in [-0.3, -0.25) is 4.79 Å². The van der Waals surface area contributed by atoms with E-state index in [9.17, 15) is 9.59 Å². The highest BCUT2D eigenvalue weighted by molar-refractivity contribution is 6.00. The molecule has 1 atom stereocenters. The molecule has 0 unspecified atom stereocenters. The monoisotopic (exact) mass is 283 g/mol. The third-order valence-electron chi connectivity index (χ3n) is 3.17. The van der Waals surface area contributed by atoms with Crippen molar-refractivity contribution >= 4 is 22.6 Å². The van der Waals surface area contributed by atoms with Crippen molar-refractivity contribution in [1.82, 2.24) is 5.32 Å². The third kappa shape index (κ3) is 3.69. The summed E-state index contributed by atoms with van der Waals surface area (Å²) in [5, 5.41) is 13.6. The Labute approximate surface area is 123 Å². The fraction of sp³-hybridized carbons (Fsp3) is 0.176. The molecule has 4 nitrogen and oxygen atoms in total. The van der Waals surface area contributed by atoms with Crippen LogP contribution in [0.2, 0.25) is 0 Å². The molecule has 2 N–H and O–H groups in total. The van der Waals surface area contributed by atoms with E-state index in [1.54, 1.807) is 19.1 Å². The van der Waals surface area contributed by atoms with Crippen molar-refractivity contribution in [2.24, 2.45) is 0 Å². The summed E-state index contributed by atoms with van der Waals surface area (Å²) in [4.78, 5) is 23.3. The molecule has 0 radical (unpaired) electrons. The van der Waals surface area contributed by atoms with E-state index < -0.39 is 17.9 Å². The second-order valence-electron chi connectivity index (χ2n) is 5.09. The van der Waals surface area contributed by atoms with Crippen LogP contribution in [-0.4, -0.2) is 23.0 Å². The van der Waals surface area contributed by atoms with E-state index in [4.69, 9.17) is 5.11 Å². The number of nitrogens with one attached hydrogen (secondary N) is 1. The standard InChI is InChI=1S/C17H17NO3/c1-11(2)9-15(17(20)21)18-16(19)14-8-7-12-5-3-4-6-13(12)10-14/h3-8,10,15H,1,9H2,2H3,(H,18,19)(H,20,21)/t15-/m0/s1. The predicted molar refractivity (Wildman–Crippen MR) is 82.3 cm³/mol. The number of fused-ring (bicyclic) bond motifs is 1. The highest BCUT2D eigenvalue weighted by atomic mass is 16.4. The lowest BCUT2D eigenvalue weighted by molar-refractivity contribution is -0.139. The maximum Gasteiger partial charge on any atom is 0.326 e. The van der Waals surface area contributed by atoms with Gasteiger partial charge in [-0.05, 0) is 36.2 Å². The van der Waals surface area contributed by atoms with E-state index in [2.05, 4.69) is 11.9 Å². The van der Waals surface area contributed by atoms with Crippen LogP contribution in [0.5, 0.6) is 0 Å². The van der Waals surface area contributed by atoms with Crippen molar-refractivity contribution in [3.8, 4) is 0 Å². The van der Waals surface area contributed by atoms with Crippen molar-refractivity contribution in [2.45, 2.75) is 19.4 Å².